The molecule has 0 atom stereocenters. The zero-order chi connectivity index (χ0) is 13.0. The molecule has 1 aromatic rings. The molecule has 102 valence electrons. The Labute approximate surface area is 108 Å². The van der Waals surface area contributed by atoms with Crippen LogP contribution in [-0.4, -0.2) is 23.8 Å². The van der Waals surface area contributed by atoms with Gasteiger partial charge < -0.3 is 14.6 Å². The Morgan fingerprint density at radius 3 is 2.78 bits per heavy atom. The average Bonchev–Trinajstić information content (AvgIpc) is 2.82. The van der Waals surface area contributed by atoms with Crippen LogP contribution in [0.5, 0.6) is 0 Å². The van der Waals surface area contributed by atoms with Crippen LogP contribution >= 0.6 is 0 Å². The third-order valence-corrected chi connectivity index (χ3v) is 3.71. The van der Waals surface area contributed by atoms with Gasteiger partial charge >= 0.3 is 0 Å². The fraction of sp³-hybridized carbons (Fsp3) is 0.846. The molecule has 0 amide bonds. The van der Waals surface area contributed by atoms with Crippen molar-refractivity contribution >= 4 is 0 Å². The van der Waals surface area contributed by atoms with Gasteiger partial charge in [0.05, 0.1) is 6.54 Å². The fourth-order valence-electron chi connectivity index (χ4n) is 2.60. The normalized spacial score (nSPS) is 28.5. The molecule has 18 heavy (non-hydrogen) atoms. The van der Waals surface area contributed by atoms with E-state index in [0.29, 0.717) is 19.0 Å². The van der Waals surface area contributed by atoms with E-state index >= 15 is 0 Å². The number of aromatic nitrogens is 2. The number of hydrogen-bond acceptors (Lipinski definition) is 5. The summed E-state index contributed by atoms with van der Waals surface area (Å²) in [7, 11) is 1.87. The van der Waals surface area contributed by atoms with Crippen molar-refractivity contribution in [1.29, 1.82) is 0 Å². The predicted octanol–water partition coefficient (Wildman–Crippen LogP) is 2.23. The van der Waals surface area contributed by atoms with Crippen molar-refractivity contribution < 1.29 is 9.26 Å². The molecule has 0 spiro atoms. The van der Waals surface area contributed by atoms with Crippen molar-refractivity contribution in [3.05, 3.63) is 11.7 Å². The van der Waals surface area contributed by atoms with Crippen LogP contribution in [-0.2, 0) is 16.9 Å². The Balaban J connectivity index is 2.17. The van der Waals surface area contributed by atoms with E-state index in [2.05, 4.69) is 22.4 Å². The lowest BCUT2D eigenvalue weighted by Gasteiger charge is -2.36. The molecule has 0 bridgehead atoms. The smallest absolute Gasteiger partial charge is 0.240 e. The Bertz CT molecular complexity index is 370. The minimum Gasteiger partial charge on any atom is -0.367 e. The maximum Gasteiger partial charge on any atom is 0.240 e. The second kappa shape index (κ2) is 5.80. The van der Waals surface area contributed by atoms with E-state index in [1.165, 1.54) is 0 Å². The van der Waals surface area contributed by atoms with Crippen LogP contribution < -0.4 is 5.32 Å². The van der Waals surface area contributed by atoms with Gasteiger partial charge in [0.1, 0.15) is 5.60 Å². The number of nitrogens with zero attached hydrogens (tertiary/aromatic N) is 2. The minimum absolute atomic E-state index is 0.323. The molecule has 0 saturated heterocycles. The Morgan fingerprint density at radius 1 is 1.44 bits per heavy atom. The van der Waals surface area contributed by atoms with Crippen LogP contribution in [0.4, 0.5) is 0 Å². The summed E-state index contributed by atoms with van der Waals surface area (Å²) >= 11 is 0. The van der Waals surface area contributed by atoms with Crippen LogP contribution in [0.25, 0.3) is 0 Å². The molecule has 1 aliphatic carbocycles. The molecule has 0 aliphatic heterocycles. The summed E-state index contributed by atoms with van der Waals surface area (Å²) < 4.78 is 11.2. The lowest BCUT2D eigenvalue weighted by atomic mass is 9.79. The molecule has 5 heteroatoms. The Hall–Kier alpha value is -0.940. The van der Waals surface area contributed by atoms with Gasteiger partial charge in [-0.1, -0.05) is 12.1 Å². The number of ether oxygens (including phenoxy) is 1. The van der Waals surface area contributed by atoms with Gasteiger partial charge in [0, 0.05) is 6.61 Å². The third kappa shape index (κ3) is 2.72. The molecular weight excluding hydrogens is 230 g/mol. The van der Waals surface area contributed by atoms with Crippen molar-refractivity contribution in [3.8, 4) is 0 Å². The van der Waals surface area contributed by atoms with E-state index in [9.17, 15) is 0 Å². The Morgan fingerprint density at radius 2 is 2.17 bits per heavy atom. The van der Waals surface area contributed by atoms with Crippen molar-refractivity contribution in [2.75, 3.05) is 13.7 Å². The van der Waals surface area contributed by atoms with Gasteiger partial charge in [-0.25, -0.2) is 0 Å². The first-order valence-corrected chi connectivity index (χ1v) is 6.82. The fourth-order valence-corrected chi connectivity index (χ4v) is 2.60. The van der Waals surface area contributed by atoms with Crippen molar-refractivity contribution in [2.45, 2.75) is 51.7 Å². The monoisotopic (exact) mass is 253 g/mol. The Kier molecular flexibility index (Phi) is 4.35. The first-order valence-electron chi connectivity index (χ1n) is 6.82. The average molecular weight is 253 g/mol. The van der Waals surface area contributed by atoms with E-state index in [4.69, 9.17) is 9.26 Å². The summed E-state index contributed by atoms with van der Waals surface area (Å²) in [6, 6.07) is 0. The highest BCUT2D eigenvalue weighted by atomic mass is 16.5. The van der Waals surface area contributed by atoms with Gasteiger partial charge in [-0.3, -0.25) is 0 Å². The summed E-state index contributed by atoms with van der Waals surface area (Å²) in [4.78, 5) is 4.47. The quantitative estimate of drug-likeness (QED) is 0.872. The van der Waals surface area contributed by atoms with Crippen LogP contribution in [0.3, 0.4) is 0 Å². The SMILES string of the molecule is CCOC1(c2noc(CNC)n2)CCC(C)CC1. The molecule has 1 aromatic heterocycles. The van der Waals surface area contributed by atoms with Crippen LogP contribution in [0, 0.1) is 5.92 Å². The molecular formula is C13H23N3O2. The van der Waals surface area contributed by atoms with Gasteiger partial charge in [-0.05, 0) is 45.6 Å². The van der Waals surface area contributed by atoms with Gasteiger partial charge in [0.25, 0.3) is 0 Å². The lowest BCUT2D eigenvalue weighted by molar-refractivity contribution is -0.0847. The first kappa shape index (κ1) is 13.5. The number of rotatable bonds is 5. The van der Waals surface area contributed by atoms with Crippen LogP contribution in [0.1, 0.15) is 51.2 Å². The van der Waals surface area contributed by atoms with Gasteiger partial charge in [0.2, 0.25) is 11.7 Å². The molecule has 1 heterocycles. The molecule has 1 fully saturated rings. The highest BCUT2D eigenvalue weighted by molar-refractivity contribution is 5.04. The highest BCUT2D eigenvalue weighted by Crippen LogP contribution is 2.41. The zero-order valence-corrected chi connectivity index (χ0v) is 11.5. The summed E-state index contributed by atoms with van der Waals surface area (Å²) in [5.74, 6) is 2.12. The van der Waals surface area contributed by atoms with E-state index in [1.54, 1.807) is 0 Å². The summed E-state index contributed by atoms with van der Waals surface area (Å²) in [5, 5.41) is 7.14. The van der Waals surface area contributed by atoms with Gasteiger partial charge in [0.15, 0.2) is 0 Å². The largest absolute Gasteiger partial charge is 0.367 e. The van der Waals surface area contributed by atoms with Crippen LogP contribution in [0.2, 0.25) is 0 Å². The second-order valence-corrected chi connectivity index (χ2v) is 5.15. The van der Waals surface area contributed by atoms with Crippen molar-refractivity contribution in [3.63, 3.8) is 0 Å². The van der Waals surface area contributed by atoms with Gasteiger partial charge in [-0.2, -0.15) is 4.98 Å². The summed E-state index contributed by atoms with van der Waals surface area (Å²) in [5.41, 5.74) is -0.323. The summed E-state index contributed by atoms with van der Waals surface area (Å²) in [6.07, 6.45) is 4.30. The maximum absolute atomic E-state index is 5.99. The molecule has 0 unspecified atom stereocenters. The van der Waals surface area contributed by atoms with Crippen molar-refractivity contribution in [2.24, 2.45) is 5.92 Å². The minimum atomic E-state index is -0.323. The molecule has 0 aromatic carbocycles. The first-order chi connectivity index (χ1) is 8.70. The maximum atomic E-state index is 5.99. The lowest BCUT2D eigenvalue weighted by Crippen LogP contribution is -2.35. The molecule has 5 nitrogen and oxygen atoms in total. The molecule has 1 saturated carbocycles. The highest BCUT2D eigenvalue weighted by Gasteiger charge is 2.40. The van der Waals surface area contributed by atoms with Crippen LogP contribution in [0.15, 0.2) is 4.52 Å². The molecule has 1 aliphatic rings. The van der Waals surface area contributed by atoms with E-state index in [-0.39, 0.29) is 5.60 Å². The summed E-state index contributed by atoms with van der Waals surface area (Å²) in [6.45, 7) is 5.60. The second-order valence-electron chi connectivity index (χ2n) is 5.15. The third-order valence-electron chi connectivity index (χ3n) is 3.71. The molecule has 0 radical (unpaired) electrons. The molecule has 2 rings (SSSR count). The van der Waals surface area contributed by atoms with E-state index in [0.717, 1.165) is 37.4 Å². The predicted molar refractivity (Wildman–Crippen MR) is 68.0 cm³/mol. The van der Waals surface area contributed by atoms with E-state index < -0.39 is 0 Å². The topological polar surface area (TPSA) is 60.2 Å². The zero-order valence-electron chi connectivity index (χ0n) is 11.5. The van der Waals surface area contributed by atoms with Gasteiger partial charge in [-0.15, -0.1) is 0 Å². The number of hydrogen-bond donors (Lipinski definition) is 1. The van der Waals surface area contributed by atoms with E-state index in [1.807, 2.05) is 14.0 Å². The molecule has 1 N–H and O–H groups in total. The number of nitrogens with one attached hydrogen (secondary N) is 1. The van der Waals surface area contributed by atoms with Crippen molar-refractivity contribution in [1.82, 2.24) is 15.5 Å². The standard InChI is InChI=1S/C13H23N3O2/c1-4-17-13(7-5-10(2)6-8-13)12-15-11(9-14-3)18-16-12/h10,14H,4-9H2,1-3H3.